The molecule has 1 heterocycles. The van der Waals surface area contributed by atoms with Gasteiger partial charge in [0.2, 0.25) is 0 Å². The van der Waals surface area contributed by atoms with E-state index in [4.69, 9.17) is 20.6 Å². The summed E-state index contributed by atoms with van der Waals surface area (Å²) in [6, 6.07) is 6.04. The Morgan fingerprint density at radius 3 is 2.38 bits per heavy atom. The van der Waals surface area contributed by atoms with E-state index in [9.17, 15) is 0 Å². The molecule has 1 aliphatic heterocycles. The van der Waals surface area contributed by atoms with Crippen molar-refractivity contribution < 1.29 is 9.47 Å². The third-order valence-corrected chi connectivity index (χ3v) is 4.46. The molecular weight excluding hydrogens is 266 g/mol. The molecule has 1 aromatic carbocycles. The number of hydrogen-bond acceptors (Lipinski definition) is 4. The summed E-state index contributed by atoms with van der Waals surface area (Å²) >= 11 is 0. The molecule has 0 atom stereocenters. The zero-order valence-electron chi connectivity index (χ0n) is 13.1. The fourth-order valence-electron chi connectivity index (χ4n) is 2.71. The number of methoxy groups -OCH3 is 2. The van der Waals surface area contributed by atoms with Gasteiger partial charge in [-0.3, -0.25) is 10.3 Å². The number of piperidine rings is 1. The first-order chi connectivity index (χ1) is 9.98. The highest BCUT2D eigenvalue weighted by molar-refractivity contribution is 5.83. The van der Waals surface area contributed by atoms with Gasteiger partial charge in [-0.1, -0.05) is 13.0 Å². The molecule has 116 valence electrons. The van der Waals surface area contributed by atoms with Gasteiger partial charge in [-0.25, -0.2) is 0 Å². The minimum absolute atomic E-state index is 0.131. The third kappa shape index (κ3) is 3.47. The van der Waals surface area contributed by atoms with Gasteiger partial charge >= 0.3 is 0 Å². The number of nitrogens with one attached hydrogen (secondary N) is 1. The minimum Gasteiger partial charge on any atom is -0.493 e. The first-order valence-electron chi connectivity index (χ1n) is 7.26. The van der Waals surface area contributed by atoms with Gasteiger partial charge in [0.25, 0.3) is 0 Å². The Morgan fingerprint density at radius 1 is 1.24 bits per heavy atom. The van der Waals surface area contributed by atoms with Crippen LogP contribution in [0.3, 0.4) is 0 Å². The van der Waals surface area contributed by atoms with Crippen LogP contribution in [-0.2, 0) is 6.54 Å². The van der Waals surface area contributed by atoms with E-state index < -0.39 is 0 Å². The van der Waals surface area contributed by atoms with E-state index in [1.54, 1.807) is 14.2 Å². The van der Waals surface area contributed by atoms with E-state index >= 15 is 0 Å². The van der Waals surface area contributed by atoms with E-state index in [1.807, 2.05) is 12.1 Å². The van der Waals surface area contributed by atoms with Crippen molar-refractivity contribution in [3.63, 3.8) is 0 Å². The summed E-state index contributed by atoms with van der Waals surface area (Å²) in [7, 11) is 3.30. The number of rotatable bonds is 5. The lowest BCUT2D eigenvalue weighted by atomic mass is 9.79. The van der Waals surface area contributed by atoms with Crippen LogP contribution in [0.4, 0.5) is 0 Å². The zero-order valence-corrected chi connectivity index (χ0v) is 13.1. The van der Waals surface area contributed by atoms with E-state index in [0.29, 0.717) is 5.84 Å². The van der Waals surface area contributed by atoms with Crippen molar-refractivity contribution >= 4 is 5.84 Å². The van der Waals surface area contributed by atoms with Crippen LogP contribution in [-0.4, -0.2) is 38.0 Å². The predicted molar refractivity (Wildman–Crippen MR) is 84.1 cm³/mol. The number of benzene rings is 1. The summed E-state index contributed by atoms with van der Waals surface area (Å²) in [5, 5.41) is 7.70. The number of ether oxygens (including phenoxy) is 2. The highest BCUT2D eigenvalue weighted by Gasteiger charge is 2.32. The number of nitrogens with two attached hydrogens (primary N) is 1. The molecule has 0 bridgehead atoms. The largest absolute Gasteiger partial charge is 0.493 e. The van der Waals surface area contributed by atoms with Gasteiger partial charge in [-0.05, 0) is 43.6 Å². The van der Waals surface area contributed by atoms with E-state index in [-0.39, 0.29) is 5.41 Å². The normalized spacial score (nSPS) is 18.2. The van der Waals surface area contributed by atoms with Crippen molar-refractivity contribution in [2.75, 3.05) is 27.3 Å². The number of hydrogen-bond donors (Lipinski definition) is 2. The van der Waals surface area contributed by atoms with Crippen molar-refractivity contribution in [3.8, 4) is 11.5 Å². The van der Waals surface area contributed by atoms with Crippen molar-refractivity contribution in [1.82, 2.24) is 4.90 Å². The maximum atomic E-state index is 7.70. The Kier molecular flexibility index (Phi) is 4.73. The second kappa shape index (κ2) is 6.35. The van der Waals surface area contributed by atoms with Crippen LogP contribution >= 0.6 is 0 Å². The molecule has 1 saturated heterocycles. The van der Waals surface area contributed by atoms with Crippen LogP contribution in [0.5, 0.6) is 11.5 Å². The third-order valence-electron chi connectivity index (χ3n) is 4.46. The Hall–Kier alpha value is -1.75. The minimum atomic E-state index is -0.131. The van der Waals surface area contributed by atoms with Crippen molar-refractivity contribution in [3.05, 3.63) is 23.8 Å². The van der Waals surface area contributed by atoms with Gasteiger partial charge in [0.05, 0.1) is 20.1 Å². The van der Waals surface area contributed by atoms with Crippen LogP contribution in [0, 0.1) is 10.8 Å². The molecule has 0 unspecified atom stereocenters. The number of amidine groups is 1. The maximum absolute atomic E-state index is 7.70. The standard InChI is InChI=1S/C16H25N3O2/c1-16(15(17)18)6-8-19(9-7-16)11-12-4-5-13(20-2)14(10-12)21-3/h4-5,10H,6-9,11H2,1-3H3,(H3,17,18). The van der Waals surface area contributed by atoms with Gasteiger partial charge in [-0.2, -0.15) is 0 Å². The molecule has 0 saturated carbocycles. The van der Waals surface area contributed by atoms with Crippen LogP contribution in [0.2, 0.25) is 0 Å². The molecular formula is C16H25N3O2. The summed E-state index contributed by atoms with van der Waals surface area (Å²) in [5.74, 6) is 1.83. The topological polar surface area (TPSA) is 71.6 Å². The van der Waals surface area contributed by atoms with Gasteiger partial charge in [0.15, 0.2) is 11.5 Å². The van der Waals surface area contributed by atoms with E-state index in [2.05, 4.69) is 17.9 Å². The quantitative estimate of drug-likeness (QED) is 0.644. The smallest absolute Gasteiger partial charge is 0.161 e. The van der Waals surface area contributed by atoms with Crippen LogP contribution in [0.25, 0.3) is 0 Å². The van der Waals surface area contributed by atoms with Crippen molar-refractivity contribution in [2.45, 2.75) is 26.3 Å². The lowest BCUT2D eigenvalue weighted by Gasteiger charge is -2.38. The Labute approximate surface area is 126 Å². The molecule has 0 radical (unpaired) electrons. The van der Waals surface area contributed by atoms with Gasteiger partial charge in [0, 0.05) is 12.0 Å². The fourth-order valence-corrected chi connectivity index (χ4v) is 2.71. The van der Waals surface area contributed by atoms with Crippen molar-refractivity contribution in [1.29, 1.82) is 5.41 Å². The summed E-state index contributed by atoms with van der Waals surface area (Å²) < 4.78 is 10.6. The Morgan fingerprint density at radius 2 is 1.86 bits per heavy atom. The second-order valence-corrected chi connectivity index (χ2v) is 5.94. The SMILES string of the molecule is COc1ccc(CN2CCC(C)(C(=N)N)CC2)cc1OC. The second-order valence-electron chi connectivity index (χ2n) is 5.94. The fraction of sp³-hybridized carbons (Fsp3) is 0.562. The van der Waals surface area contributed by atoms with Crippen LogP contribution < -0.4 is 15.2 Å². The molecule has 1 aromatic rings. The summed E-state index contributed by atoms with van der Waals surface area (Å²) in [4.78, 5) is 2.39. The first kappa shape index (κ1) is 15.6. The molecule has 5 heteroatoms. The molecule has 0 spiro atoms. The summed E-state index contributed by atoms with van der Waals surface area (Å²) in [5.41, 5.74) is 6.78. The van der Waals surface area contributed by atoms with Crippen molar-refractivity contribution in [2.24, 2.45) is 11.1 Å². The molecule has 0 aliphatic carbocycles. The highest BCUT2D eigenvalue weighted by Crippen LogP contribution is 2.32. The molecule has 5 nitrogen and oxygen atoms in total. The molecule has 0 aromatic heterocycles. The van der Waals surface area contributed by atoms with Gasteiger partial charge in [-0.15, -0.1) is 0 Å². The molecule has 1 fully saturated rings. The zero-order chi connectivity index (χ0) is 15.5. The molecule has 3 N–H and O–H groups in total. The van der Waals surface area contributed by atoms with E-state index in [1.165, 1.54) is 5.56 Å². The Bertz CT molecular complexity index is 508. The van der Waals surface area contributed by atoms with Crippen LogP contribution in [0.1, 0.15) is 25.3 Å². The number of nitrogens with zero attached hydrogens (tertiary/aromatic N) is 1. The Balaban J connectivity index is 1.99. The average molecular weight is 291 g/mol. The van der Waals surface area contributed by atoms with E-state index in [0.717, 1.165) is 44.0 Å². The van der Waals surface area contributed by atoms with Crippen LogP contribution in [0.15, 0.2) is 18.2 Å². The first-order valence-corrected chi connectivity index (χ1v) is 7.26. The molecule has 1 aliphatic rings. The summed E-state index contributed by atoms with van der Waals surface area (Å²) in [6.07, 6.45) is 1.88. The van der Waals surface area contributed by atoms with Gasteiger partial charge in [0.1, 0.15) is 0 Å². The molecule has 0 amide bonds. The number of likely N-dealkylation sites (tertiary alicyclic amines) is 1. The average Bonchev–Trinajstić information content (AvgIpc) is 2.49. The maximum Gasteiger partial charge on any atom is 0.161 e. The summed E-state index contributed by atoms with van der Waals surface area (Å²) in [6.45, 7) is 4.90. The molecule has 21 heavy (non-hydrogen) atoms. The monoisotopic (exact) mass is 291 g/mol. The highest BCUT2D eigenvalue weighted by atomic mass is 16.5. The predicted octanol–water partition coefficient (Wildman–Crippen LogP) is 2.24. The molecule has 2 rings (SSSR count). The van der Waals surface area contributed by atoms with Gasteiger partial charge < -0.3 is 15.2 Å². The lowest BCUT2D eigenvalue weighted by Crippen LogP contribution is -2.44. The lowest BCUT2D eigenvalue weighted by molar-refractivity contribution is 0.156.